The summed E-state index contributed by atoms with van der Waals surface area (Å²) < 4.78 is 0. The minimum atomic E-state index is -1.02. The zero-order valence-corrected chi connectivity index (χ0v) is 18.9. The van der Waals surface area contributed by atoms with Crippen molar-refractivity contribution in [3.63, 3.8) is 0 Å². The molecule has 0 radical (unpaired) electrons. The number of nitrogens with one attached hydrogen (secondary N) is 1. The highest BCUT2D eigenvalue weighted by atomic mass is 16.4. The van der Waals surface area contributed by atoms with E-state index in [1.807, 2.05) is 30.3 Å². The van der Waals surface area contributed by atoms with Gasteiger partial charge in [-0.05, 0) is 24.8 Å². The van der Waals surface area contributed by atoms with Gasteiger partial charge in [-0.2, -0.15) is 0 Å². The second-order valence-electron chi connectivity index (χ2n) is 8.96. The molecule has 0 spiro atoms. The summed E-state index contributed by atoms with van der Waals surface area (Å²) in [5, 5.41) is 15.2. The van der Waals surface area contributed by atoms with Gasteiger partial charge in [0.2, 0.25) is 11.8 Å². The summed E-state index contributed by atoms with van der Waals surface area (Å²) in [6.45, 7) is 0.496. The average Bonchev–Trinajstić information content (AvgIpc) is 3.32. The van der Waals surface area contributed by atoms with Gasteiger partial charge < -0.3 is 20.2 Å². The lowest BCUT2D eigenvalue weighted by atomic mass is 10.00. The zero-order valence-electron chi connectivity index (χ0n) is 18.9. The second-order valence-corrected chi connectivity index (χ2v) is 8.96. The van der Waals surface area contributed by atoms with E-state index in [2.05, 4.69) is 5.32 Å². The summed E-state index contributed by atoms with van der Waals surface area (Å²) in [6, 6.07) is 8.35. The third-order valence-corrected chi connectivity index (χ3v) is 6.78. The van der Waals surface area contributed by atoms with Crippen LogP contribution in [0.15, 0.2) is 30.3 Å². The topological polar surface area (TPSA) is 114 Å². The van der Waals surface area contributed by atoms with E-state index in [1.54, 1.807) is 17.0 Å². The molecule has 0 aromatic heterocycles. The maximum absolute atomic E-state index is 13.4. The second kappa shape index (κ2) is 9.78. The molecule has 178 valence electrons. The van der Waals surface area contributed by atoms with E-state index in [0.29, 0.717) is 6.54 Å². The van der Waals surface area contributed by atoms with Gasteiger partial charge in [0.15, 0.2) is 0 Å². The zero-order chi connectivity index (χ0) is 23.5. The Balaban J connectivity index is 1.59. The number of nitrogens with zero attached hydrogens (tertiary/aromatic N) is 4. The lowest BCUT2D eigenvalue weighted by Crippen LogP contribution is -2.76. The predicted octanol–water partition coefficient (Wildman–Crippen LogP) is 1.23. The molecule has 2 aliphatic heterocycles. The van der Waals surface area contributed by atoms with Gasteiger partial charge in [0.25, 0.3) is 0 Å². The fourth-order valence-electron chi connectivity index (χ4n) is 5.20. The van der Waals surface area contributed by atoms with Crippen molar-refractivity contribution < 1.29 is 24.3 Å². The quantitative estimate of drug-likeness (QED) is 0.664. The van der Waals surface area contributed by atoms with Crippen LogP contribution in [0.3, 0.4) is 0 Å². The molecule has 10 heteroatoms. The number of carbonyl (C=O) groups excluding carboxylic acids is 3. The van der Waals surface area contributed by atoms with Crippen LogP contribution in [0.5, 0.6) is 0 Å². The summed E-state index contributed by atoms with van der Waals surface area (Å²) in [6.07, 6.45) is 2.96. The maximum atomic E-state index is 13.4. The number of fused-ring (bicyclic) bond motifs is 1. The van der Waals surface area contributed by atoms with E-state index in [9.17, 15) is 24.3 Å². The van der Waals surface area contributed by atoms with E-state index < -0.39 is 18.2 Å². The Morgan fingerprint density at radius 1 is 1.12 bits per heavy atom. The molecule has 2 saturated heterocycles. The van der Waals surface area contributed by atoms with Crippen molar-refractivity contribution in [3.05, 3.63) is 35.9 Å². The van der Waals surface area contributed by atoms with E-state index in [1.165, 1.54) is 9.91 Å². The number of piperazine rings is 1. The molecule has 33 heavy (non-hydrogen) atoms. The molecule has 4 rings (SSSR count). The number of urea groups is 1. The first kappa shape index (κ1) is 23.0. The Bertz CT molecular complexity index is 904. The van der Waals surface area contributed by atoms with E-state index in [4.69, 9.17) is 0 Å². The van der Waals surface area contributed by atoms with Crippen LogP contribution in [0, 0.1) is 0 Å². The molecule has 3 aliphatic rings. The number of likely N-dealkylation sites (N-methyl/N-ethyl adjacent to an activating group) is 1. The van der Waals surface area contributed by atoms with Gasteiger partial charge in [-0.3, -0.25) is 14.4 Å². The Morgan fingerprint density at radius 2 is 1.82 bits per heavy atom. The smallest absolute Gasteiger partial charge is 0.334 e. The van der Waals surface area contributed by atoms with Gasteiger partial charge in [-0.25, -0.2) is 14.8 Å². The average molecular weight is 458 g/mol. The van der Waals surface area contributed by atoms with Crippen LogP contribution in [0.2, 0.25) is 0 Å². The first-order valence-corrected chi connectivity index (χ1v) is 11.5. The third kappa shape index (κ3) is 4.80. The molecule has 0 unspecified atom stereocenters. The van der Waals surface area contributed by atoms with Crippen LogP contribution in [-0.2, 0) is 20.9 Å². The molecule has 3 fully saturated rings. The lowest BCUT2D eigenvalue weighted by Gasteiger charge is -2.55. The van der Waals surface area contributed by atoms with E-state index in [0.717, 1.165) is 31.2 Å². The van der Waals surface area contributed by atoms with Crippen LogP contribution in [-0.4, -0.2) is 87.1 Å². The van der Waals surface area contributed by atoms with Gasteiger partial charge >= 0.3 is 12.0 Å². The van der Waals surface area contributed by atoms with Crippen LogP contribution in [0.4, 0.5) is 4.79 Å². The summed E-state index contributed by atoms with van der Waals surface area (Å²) in [5.41, 5.74) is 0.948. The molecule has 0 bridgehead atoms. The number of carboxylic acid groups (broad SMARTS) is 1. The van der Waals surface area contributed by atoms with Crippen molar-refractivity contribution in [2.24, 2.45) is 0 Å². The minimum Gasteiger partial charge on any atom is -0.481 e. The molecular weight excluding hydrogens is 426 g/mol. The molecule has 2 N–H and O–H groups in total. The first-order valence-electron chi connectivity index (χ1n) is 11.5. The molecule has 2 atom stereocenters. The maximum Gasteiger partial charge on any atom is 0.334 e. The Morgan fingerprint density at radius 3 is 2.48 bits per heavy atom. The molecule has 1 saturated carbocycles. The fraction of sp³-hybridized carbons (Fsp3) is 0.565. The SMILES string of the molecule is CN1CC(=O)N2[C@@H](CCC(=O)O)C(=O)N(C3CCCC3)C[C@@H]2N1C(=O)NCc1ccccc1. The lowest BCUT2D eigenvalue weighted by molar-refractivity contribution is -0.189. The number of hydrazine groups is 1. The van der Waals surface area contributed by atoms with Gasteiger partial charge in [0.05, 0.1) is 13.1 Å². The van der Waals surface area contributed by atoms with E-state index >= 15 is 0 Å². The van der Waals surface area contributed by atoms with Crippen molar-refractivity contribution in [3.8, 4) is 0 Å². The number of amides is 4. The molecular formula is C23H31N5O5. The normalized spacial score (nSPS) is 24.2. The van der Waals surface area contributed by atoms with Crippen LogP contribution in [0.1, 0.15) is 44.1 Å². The summed E-state index contributed by atoms with van der Waals surface area (Å²) in [5.74, 6) is -1.50. The third-order valence-electron chi connectivity index (χ3n) is 6.78. The highest BCUT2D eigenvalue weighted by molar-refractivity contribution is 5.92. The highest BCUT2D eigenvalue weighted by Crippen LogP contribution is 2.32. The molecule has 1 aromatic rings. The Kier molecular flexibility index (Phi) is 6.83. The Hall–Kier alpha value is -3.14. The highest BCUT2D eigenvalue weighted by Gasteiger charge is 2.51. The van der Waals surface area contributed by atoms with Crippen LogP contribution >= 0.6 is 0 Å². The minimum absolute atomic E-state index is 0.0306. The molecule has 1 aromatic carbocycles. The molecule has 1 aliphatic carbocycles. The van der Waals surface area contributed by atoms with Crippen LogP contribution in [0.25, 0.3) is 0 Å². The molecule has 10 nitrogen and oxygen atoms in total. The van der Waals surface area contributed by atoms with Gasteiger partial charge in [0.1, 0.15) is 12.2 Å². The fourth-order valence-corrected chi connectivity index (χ4v) is 5.20. The van der Waals surface area contributed by atoms with Crippen molar-refractivity contribution >= 4 is 23.8 Å². The number of rotatable bonds is 6. The summed E-state index contributed by atoms with van der Waals surface area (Å²) >= 11 is 0. The molecule has 2 heterocycles. The monoisotopic (exact) mass is 457 g/mol. The largest absolute Gasteiger partial charge is 0.481 e. The van der Waals surface area contributed by atoms with Crippen molar-refractivity contribution in [2.45, 2.75) is 63.3 Å². The number of benzene rings is 1. The number of carbonyl (C=O) groups is 4. The Labute approximate surface area is 193 Å². The standard InChI is InChI=1S/C23H31N5O5/c1-25-15-20(29)27-18(11-12-21(30)31)22(32)26(17-9-5-6-10-17)14-19(27)28(25)23(33)24-13-16-7-3-2-4-8-16/h2-4,7-8,17-19H,5-6,9-15H2,1H3,(H,24,33)(H,30,31)/t18-,19-/m0/s1. The first-order chi connectivity index (χ1) is 15.9. The summed E-state index contributed by atoms with van der Waals surface area (Å²) in [7, 11) is 1.68. The van der Waals surface area contributed by atoms with E-state index in [-0.39, 0.29) is 49.8 Å². The van der Waals surface area contributed by atoms with Crippen LogP contribution < -0.4 is 5.32 Å². The van der Waals surface area contributed by atoms with Gasteiger partial charge in [-0.1, -0.05) is 43.2 Å². The number of aliphatic carboxylic acids is 1. The number of hydrogen-bond donors (Lipinski definition) is 2. The number of hydrogen-bond acceptors (Lipinski definition) is 5. The summed E-state index contributed by atoms with van der Waals surface area (Å²) in [4.78, 5) is 54.2. The number of carboxylic acids is 1. The van der Waals surface area contributed by atoms with Gasteiger partial charge in [0, 0.05) is 26.1 Å². The predicted molar refractivity (Wildman–Crippen MR) is 118 cm³/mol. The van der Waals surface area contributed by atoms with Gasteiger partial charge in [-0.15, -0.1) is 0 Å². The molecule has 4 amide bonds. The van der Waals surface area contributed by atoms with Crippen molar-refractivity contribution in [2.75, 3.05) is 20.1 Å². The van der Waals surface area contributed by atoms with Crippen molar-refractivity contribution in [1.29, 1.82) is 0 Å². The van der Waals surface area contributed by atoms with Crippen molar-refractivity contribution in [1.82, 2.24) is 25.1 Å².